The zero-order chi connectivity index (χ0) is 15.2. The highest BCUT2D eigenvalue weighted by molar-refractivity contribution is 7.94. The molecule has 0 aromatic carbocycles. The predicted molar refractivity (Wildman–Crippen MR) is 65.6 cm³/mol. The predicted octanol–water partition coefficient (Wildman–Crippen LogP) is -1.18. The van der Waals surface area contributed by atoms with E-state index in [1.807, 2.05) is 0 Å². The van der Waals surface area contributed by atoms with Crippen molar-refractivity contribution in [3.05, 3.63) is 0 Å². The molecule has 0 bridgehead atoms. The van der Waals surface area contributed by atoms with Gasteiger partial charge in [0, 0.05) is 6.26 Å². The number of amides is 1. The van der Waals surface area contributed by atoms with Gasteiger partial charge in [-0.15, -0.1) is 0 Å². The van der Waals surface area contributed by atoms with Crippen LogP contribution in [0.2, 0.25) is 0 Å². The van der Waals surface area contributed by atoms with Crippen molar-refractivity contribution in [1.29, 1.82) is 0 Å². The van der Waals surface area contributed by atoms with Gasteiger partial charge >= 0.3 is 5.97 Å². The number of rotatable bonds is 5. The fraction of sp³-hybridized carbons (Fsp3) is 0.778. The Morgan fingerprint density at radius 2 is 1.89 bits per heavy atom. The van der Waals surface area contributed by atoms with E-state index in [0.717, 1.165) is 6.26 Å². The van der Waals surface area contributed by atoms with E-state index >= 15 is 0 Å². The lowest BCUT2D eigenvalue weighted by Gasteiger charge is -2.45. The van der Waals surface area contributed by atoms with E-state index in [0.29, 0.717) is 0 Å². The molecule has 1 amide bonds. The molecule has 1 fully saturated rings. The van der Waals surface area contributed by atoms with Gasteiger partial charge < -0.3 is 5.11 Å². The third-order valence-electron chi connectivity index (χ3n) is 2.95. The van der Waals surface area contributed by atoms with Gasteiger partial charge in [-0.25, -0.2) is 25.9 Å². The number of nitrogens with zero attached hydrogens (tertiary/aromatic N) is 1. The Bertz CT molecular complexity index is 617. The molecule has 1 heterocycles. The van der Waals surface area contributed by atoms with Crippen molar-refractivity contribution in [3.8, 4) is 0 Å². The zero-order valence-corrected chi connectivity index (χ0v) is 12.3. The molecule has 0 spiro atoms. The summed E-state index contributed by atoms with van der Waals surface area (Å²) >= 11 is 0. The molecule has 1 aliphatic rings. The number of hydrogen-bond donors (Lipinski definition) is 1. The zero-order valence-electron chi connectivity index (χ0n) is 10.7. The van der Waals surface area contributed by atoms with Crippen molar-refractivity contribution in [2.75, 3.05) is 12.0 Å². The first kappa shape index (κ1) is 15.9. The highest BCUT2D eigenvalue weighted by atomic mass is 32.2. The molecule has 1 unspecified atom stereocenters. The molecule has 8 nitrogen and oxygen atoms in total. The second-order valence-corrected chi connectivity index (χ2v) is 9.51. The number of sulfonamides is 1. The lowest BCUT2D eigenvalue weighted by atomic mass is 10.1. The largest absolute Gasteiger partial charge is 0.480 e. The number of hydrogen-bond acceptors (Lipinski definition) is 6. The van der Waals surface area contributed by atoms with Crippen LogP contribution in [-0.4, -0.2) is 60.9 Å². The van der Waals surface area contributed by atoms with Gasteiger partial charge in [0.2, 0.25) is 0 Å². The molecular weight excluding hydrogens is 298 g/mol. The molecule has 19 heavy (non-hydrogen) atoms. The van der Waals surface area contributed by atoms with Gasteiger partial charge in [0.25, 0.3) is 15.9 Å². The fourth-order valence-electron chi connectivity index (χ4n) is 1.67. The highest BCUT2D eigenvalue weighted by Crippen LogP contribution is 2.37. The summed E-state index contributed by atoms with van der Waals surface area (Å²) in [4.78, 5) is 22.7. The van der Waals surface area contributed by atoms with Crippen LogP contribution in [0.5, 0.6) is 0 Å². The van der Waals surface area contributed by atoms with Crippen molar-refractivity contribution in [2.24, 2.45) is 0 Å². The second-order valence-electron chi connectivity index (χ2n) is 4.89. The molecule has 1 saturated heterocycles. The smallest absolute Gasteiger partial charge is 0.327 e. The van der Waals surface area contributed by atoms with Gasteiger partial charge in [-0.3, -0.25) is 4.79 Å². The average molecular weight is 313 g/mol. The summed E-state index contributed by atoms with van der Waals surface area (Å²) in [6.07, 6.45) is 0.442. The lowest BCUT2D eigenvalue weighted by molar-refractivity contribution is -0.148. The maximum Gasteiger partial charge on any atom is 0.327 e. The van der Waals surface area contributed by atoms with Crippen LogP contribution in [0.3, 0.4) is 0 Å². The first-order valence-corrected chi connectivity index (χ1v) is 8.81. The Balaban J connectivity index is 3.04. The standard InChI is InChI=1S/C9H15NO7S2/c1-9(2)8(13)10(19(9,16)17)6(7(11)12)4-5-18(3,14)15/h6H,4-5H2,1-3H3,(H,11,12). The molecule has 0 aromatic rings. The van der Waals surface area contributed by atoms with E-state index in [1.165, 1.54) is 13.8 Å². The lowest BCUT2D eigenvalue weighted by Crippen LogP contribution is -2.71. The summed E-state index contributed by atoms with van der Waals surface area (Å²) in [5.41, 5.74) is 0. The summed E-state index contributed by atoms with van der Waals surface area (Å²) in [5.74, 6) is -2.89. The van der Waals surface area contributed by atoms with Crippen molar-refractivity contribution in [2.45, 2.75) is 31.1 Å². The van der Waals surface area contributed by atoms with Crippen LogP contribution in [0, 0.1) is 0 Å². The molecule has 0 aromatic heterocycles. The van der Waals surface area contributed by atoms with Gasteiger partial charge in [-0.2, -0.15) is 0 Å². The summed E-state index contributed by atoms with van der Waals surface area (Å²) in [6, 6.07) is -1.68. The minimum Gasteiger partial charge on any atom is -0.480 e. The molecule has 110 valence electrons. The average Bonchev–Trinajstić information content (AvgIpc) is 2.20. The second kappa shape index (κ2) is 4.44. The Hall–Kier alpha value is -1.16. The number of aliphatic carboxylic acids is 1. The van der Waals surface area contributed by atoms with E-state index in [9.17, 15) is 26.4 Å². The number of carboxylic acid groups (broad SMARTS) is 1. The SMILES string of the molecule is CC1(C)C(=O)N(C(CCS(C)(=O)=O)C(=O)O)S1(=O)=O. The molecule has 0 saturated carbocycles. The Kier molecular flexibility index (Phi) is 3.72. The topological polar surface area (TPSA) is 126 Å². The van der Waals surface area contributed by atoms with E-state index in [-0.39, 0.29) is 4.31 Å². The molecular formula is C9H15NO7S2. The minimum atomic E-state index is -4.05. The maximum atomic E-state index is 11.8. The Morgan fingerprint density at radius 1 is 1.42 bits per heavy atom. The molecule has 0 aliphatic carbocycles. The van der Waals surface area contributed by atoms with Crippen LogP contribution in [0.4, 0.5) is 0 Å². The molecule has 1 aliphatic heterocycles. The van der Waals surface area contributed by atoms with Crippen LogP contribution in [0.1, 0.15) is 20.3 Å². The number of sulfone groups is 1. The van der Waals surface area contributed by atoms with Gasteiger partial charge in [-0.1, -0.05) is 0 Å². The van der Waals surface area contributed by atoms with E-state index in [2.05, 4.69) is 0 Å². The monoisotopic (exact) mass is 313 g/mol. The Morgan fingerprint density at radius 3 is 2.21 bits per heavy atom. The first-order valence-electron chi connectivity index (χ1n) is 5.31. The molecule has 0 radical (unpaired) electrons. The maximum absolute atomic E-state index is 11.8. The van der Waals surface area contributed by atoms with Gasteiger partial charge in [0.15, 0.2) is 4.75 Å². The van der Waals surface area contributed by atoms with Crippen LogP contribution in [0.15, 0.2) is 0 Å². The van der Waals surface area contributed by atoms with Crippen molar-refractivity contribution in [1.82, 2.24) is 4.31 Å². The molecule has 10 heteroatoms. The molecule has 1 N–H and O–H groups in total. The Labute approximate surface area is 111 Å². The molecule has 1 rings (SSSR count). The highest BCUT2D eigenvalue weighted by Gasteiger charge is 2.63. The van der Waals surface area contributed by atoms with Crippen LogP contribution in [-0.2, 0) is 29.4 Å². The third kappa shape index (κ3) is 2.59. The van der Waals surface area contributed by atoms with Crippen LogP contribution < -0.4 is 0 Å². The normalized spacial score (nSPS) is 22.7. The van der Waals surface area contributed by atoms with Crippen LogP contribution in [0.25, 0.3) is 0 Å². The number of carboxylic acids is 1. The van der Waals surface area contributed by atoms with Crippen LogP contribution >= 0.6 is 0 Å². The minimum absolute atomic E-state index is 0.264. The summed E-state index contributed by atoms with van der Waals surface area (Å²) in [5, 5.41) is 8.97. The van der Waals surface area contributed by atoms with Crippen molar-refractivity contribution in [3.63, 3.8) is 0 Å². The number of carbonyl (C=O) groups is 2. The van der Waals surface area contributed by atoms with Crippen molar-refractivity contribution >= 4 is 31.7 Å². The van der Waals surface area contributed by atoms with Gasteiger partial charge in [-0.05, 0) is 20.3 Å². The third-order valence-corrected chi connectivity index (χ3v) is 6.33. The summed E-state index contributed by atoms with van der Waals surface area (Å²) in [7, 11) is -7.50. The molecule has 1 atom stereocenters. The summed E-state index contributed by atoms with van der Waals surface area (Å²) in [6.45, 7) is 2.35. The van der Waals surface area contributed by atoms with E-state index in [1.54, 1.807) is 0 Å². The van der Waals surface area contributed by atoms with E-state index in [4.69, 9.17) is 5.11 Å². The number of carbonyl (C=O) groups excluding carboxylic acids is 1. The quantitative estimate of drug-likeness (QED) is 0.677. The van der Waals surface area contributed by atoms with Crippen molar-refractivity contribution < 1.29 is 31.5 Å². The first-order chi connectivity index (χ1) is 8.32. The fourth-order valence-corrected chi connectivity index (χ4v) is 3.97. The van der Waals surface area contributed by atoms with E-state index < -0.39 is 54.7 Å². The van der Waals surface area contributed by atoms with Gasteiger partial charge in [0.05, 0.1) is 5.75 Å². The summed E-state index contributed by atoms with van der Waals surface area (Å²) < 4.78 is 44.3. The van der Waals surface area contributed by atoms with Gasteiger partial charge in [0.1, 0.15) is 15.9 Å².